The lowest BCUT2D eigenvalue weighted by Crippen LogP contribution is -2.59. The Morgan fingerprint density at radius 1 is 1.00 bits per heavy atom. The summed E-state index contributed by atoms with van der Waals surface area (Å²) in [6.45, 7) is 8.09. The van der Waals surface area contributed by atoms with Crippen LogP contribution in [0.5, 0.6) is 5.75 Å². The maximum absolute atomic E-state index is 13.2. The van der Waals surface area contributed by atoms with Gasteiger partial charge < -0.3 is 24.0 Å². The predicted octanol–water partition coefficient (Wildman–Crippen LogP) is 2.36. The Labute approximate surface area is 207 Å². The van der Waals surface area contributed by atoms with Crippen molar-refractivity contribution in [3.63, 3.8) is 0 Å². The molecular weight excluding hydrogens is 458 g/mol. The molecule has 3 fully saturated rings. The van der Waals surface area contributed by atoms with Crippen LogP contribution in [0.15, 0.2) is 18.2 Å². The molecule has 3 aliphatic heterocycles. The van der Waals surface area contributed by atoms with Crippen molar-refractivity contribution < 1.29 is 23.8 Å². The fourth-order valence-corrected chi connectivity index (χ4v) is 4.92. The molecule has 3 aliphatic rings. The van der Waals surface area contributed by atoms with Gasteiger partial charge in [-0.3, -0.25) is 14.5 Å². The fraction of sp³-hybridized carbons (Fsp3) is 0.680. The predicted molar refractivity (Wildman–Crippen MR) is 129 cm³/mol. The molecule has 0 aromatic heterocycles. The van der Waals surface area contributed by atoms with Gasteiger partial charge >= 0.3 is 0 Å². The van der Waals surface area contributed by atoms with Gasteiger partial charge in [0.25, 0.3) is 0 Å². The van der Waals surface area contributed by atoms with Crippen molar-refractivity contribution in [2.75, 3.05) is 72.2 Å². The number of carbonyl (C=O) groups is 2. The number of aryl methyl sites for hydroxylation is 1. The van der Waals surface area contributed by atoms with E-state index in [1.54, 1.807) is 6.07 Å². The molecular formula is C25H36ClN3O5. The highest BCUT2D eigenvalue weighted by molar-refractivity contribution is 6.31. The molecule has 188 valence electrons. The average Bonchev–Trinajstić information content (AvgIpc) is 2.86. The number of ether oxygens (including phenoxy) is 3. The first-order valence-electron chi connectivity index (χ1n) is 12.3. The second kappa shape index (κ2) is 11.7. The quantitative estimate of drug-likeness (QED) is 0.580. The van der Waals surface area contributed by atoms with Gasteiger partial charge in [-0.1, -0.05) is 11.6 Å². The minimum Gasteiger partial charge on any atom is -0.490 e. The number of rotatable bonds is 7. The van der Waals surface area contributed by atoms with Crippen molar-refractivity contribution in [3.8, 4) is 5.75 Å². The third kappa shape index (κ3) is 6.62. The molecule has 0 saturated carbocycles. The van der Waals surface area contributed by atoms with Gasteiger partial charge in [0, 0.05) is 37.7 Å². The minimum absolute atomic E-state index is 0.0577. The van der Waals surface area contributed by atoms with Crippen LogP contribution in [-0.4, -0.2) is 104 Å². The van der Waals surface area contributed by atoms with Gasteiger partial charge in [0.15, 0.2) is 0 Å². The molecule has 0 spiro atoms. The van der Waals surface area contributed by atoms with Crippen LogP contribution >= 0.6 is 11.6 Å². The molecule has 1 aromatic rings. The lowest BCUT2D eigenvalue weighted by molar-refractivity contribution is -0.167. The molecule has 4 rings (SSSR count). The topological polar surface area (TPSA) is 71.6 Å². The third-order valence-electron chi connectivity index (χ3n) is 6.88. The van der Waals surface area contributed by atoms with Gasteiger partial charge in [-0.2, -0.15) is 0 Å². The molecule has 8 nitrogen and oxygen atoms in total. The van der Waals surface area contributed by atoms with E-state index in [2.05, 4.69) is 4.90 Å². The molecule has 3 saturated heterocycles. The second-order valence-electron chi connectivity index (χ2n) is 9.55. The summed E-state index contributed by atoms with van der Waals surface area (Å²) < 4.78 is 17.8. The Hall–Kier alpha value is -1.87. The van der Waals surface area contributed by atoms with Crippen molar-refractivity contribution in [1.29, 1.82) is 0 Å². The highest BCUT2D eigenvalue weighted by Gasteiger charge is 2.42. The number of likely N-dealkylation sites (tertiary alicyclic amines) is 1. The van der Waals surface area contributed by atoms with E-state index >= 15 is 0 Å². The number of carbonyl (C=O) groups excluding carboxylic acids is 2. The molecule has 1 atom stereocenters. The van der Waals surface area contributed by atoms with Crippen molar-refractivity contribution in [2.24, 2.45) is 0 Å². The first kappa shape index (κ1) is 25.2. The summed E-state index contributed by atoms with van der Waals surface area (Å²) in [5.41, 5.74) is 0.0329. The lowest BCUT2D eigenvalue weighted by Gasteiger charge is -2.43. The SMILES string of the molecule is Cc1cc(OC[C@]2(CC(=O)N3CCCCC3)CN(C(=O)CN3CCOCC3)CCO2)ccc1Cl. The zero-order valence-electron chi connectivity index (χ0n) is 20.1. The summed E-state index contributed by atoms with van der Waals surface area (Å²) >= 11 is 6.16. The molecule has 9 heteroatoms. The van der Waals surface area contributed by atoms with Gasteiger partial charge in [-0.25, -0.2) is 0 Å². The molecule has 34 heavy (non-hydrogen) atoms. The second-order valence-corrected chi connectivity index (χ2v) is 9.96. The highest BCUT2D eigenvalue weighted by atomic mass is 35.5. The first-order valence-corrected chi connectivity index (χ1v) is 12.7. The lowest BCUT2D eigenvalue weighted by atomic mass is 9.96. The number of nitrogens with zero attached hydrogens (tertiary/aromatic N) is 3. The summed E-state index contributed by atoms with van der Waals surface area (Å²) in [5, 5.41) is 0.677. The van der Waals surface area contributed by atoms with Crippen molar-refractivity contribution >= 4 is 23.4 Å². The Morgan fingerprint density at radius 3 is 2.50 bits per heavy atom. The van der Waals surface area contributed by atoms with Crippen molar-refractivity contribution in [3.05, 3.63) is 28.8 Å². The first-order chi connectivity index (χ1) is 16.4. The van der Waals surface area contributed by atoms with Crippen molar-refractivity contribution in [2.45, 2.75) is 38.2 Å². The van der Waals surface area contributed by atoms with Crippen LogP contribution in [0.2, 0.25) is 5.02 Å². The Balaban J connectivity index is 1.46. The van der Waals surface area contributed by atoms with Crippen LogP contribution in [0.4, 0.5) is 0 Å². The van der Waals surface area contributed by atoms with E-state index in [4.69, 9.17) is 25.8 Å². The minimum atomic E-state index is -0.888. The number of morpholine rings is 2. The Bertz CT molecular complexity index is 857. The number of benzene rings is 1. The molecule has 0 N–H and O–H groups in total. The summed E-state index contributed by atoms with van der Waals surface area (Å²) in [6.07, 6.45) is 3.42. The van der Waals surface area contributed by atoms with E-state index in [0.29, 0.717) is 50.2 Å². The molecule has 2 amide bonds. The van der Waals surface area contributed by atoms with Gasteiger partial charge in [0.1, 0.15) is 18.0 Å². The van der Waals surface area contributed by atoms with Crippen LogP contribution in [0.25, 0.3) is 0 Å². The monoisotopic (exact) mass is 493 g/mol. The average molecular weight is 494 g/mol. The van der Waals surface area contributed by atoms with Crippen LogP contribution in [0.1, 0.15) is 31.2 Å². The highest BCUT2D eigenvalue weighted by Crippen LogP contribution is 2.28. The normalized spacial score (nSPS) is 24.2. The third-order valence-corrected chi connectivity index (χ3v) is 7.30. The van der Waals surface area contributed by atoms with Crippen LogP contribution < -0.4 is 4.74 Å². The summed E-state index contributed by atoms with van der Waals surface area (Å²) in [4.78, 5) is 32.2. The summed E-state index contributed by atoms with van der Waals surface area (Å²) in [6, 6.07) is 5.50. The van der Waals surface area contributed by atoms with Gasteiger partial charge in [0.2, 0.25) is 11.8 Å². The molecule has 0 bridgehead atoms. The van der Waals surface area contributed by atoms with Crippen LogP contribution in [-0.2, 0) is 19.1 Å². The van der Waals surface area contributed by atoms with Crippen LogP contribution in [0.3, 0.4) is 0 Å². The molecule has 0 unspecified atom stereocenters. The van der Waals surface area contributed by atoms with Gasteiger partial charge in [-0.05, 0) is 49.9 Å². The van der Waals surface area contributed by atoms with Gasteiger partial charge in [-0.15, -0.1) is 0 Å². The molecule has 0 radical (unpaired) electrons. The van der Waals surface area contributed by atoms with E-state index in [1.807, 2.05) is 28.9 Å². The smallest absolute Gasteiger partial charge is 0.236 e. The number of hydrogen-bond donors (Lipinski definition) is 0. The zero-order valence-corrected chi connectivity index (χ0v) is 20.9. The summed E-state index contributed by atoms with van der Waals surface area (Å²) in [5.74, 6) is 0.799. The van der Waals surface area contributed by atoms with E-state index in [-0.39, 0.29) is 24.8 Å². The Morgan fingerprint density at radius 2 is 1.76 bits per heavy atom. The maximum atomic E-state index is 13.2. The van der Waals surface area contributed by atoms with E-state index in [0.717, 1.165) is 51.0 Å². The fourth-order valence-electron chi connectivity index (χ4n) is 4.81. The Kier molecular flexibility index (Phi) is 8.69. The molecule has 1 aromatic carbocycles. The van der Waals surface area contributed by atoms with Gasteiger partial charge in [0.05, 0.1) is 39.3 Å². The standard InChI is InChI=1S/C25H36ClN3O5/c1-20-15-21(5-6-22(20)26)33-19-25(16-23(30)28-7-3-2-4-8-28)18-29(11-14-34-25)24(31)17-27-9-12-32-13-10-27/h5-6,15H,2-4,7-14,16-19H2,1H3/t25-/m0/s1. The van der Waals surface area contributed by atoms with E-state index in [9.17, 15) is 9.59 Å². The van der Waals surface area contributed by atoms with E-state index in [1.165, 1.54) is 0 Å². The zero-order chi connectivity index (χ0) is 24.0. The number of amides is 2. The van der Waals surface area contributed by atoms with Crippen LogP contribution in [0, 0.1) is 6.92 Å². The molecule has 3 heterocycles. The number of piperidine rings is 1. The number of hydrogen-bond acceptors (Lipinski definition) is 6. The summed E-state index contributed by atoms with van der Waals surface area (Å²) in [7, 11) is 0. The van der Waals surface area contributed by atoms with E-state index < -0.39 is 5.60 Å². The molecule has 0 aliphatic carbocycles. The largest absolute Gasteiger partial charge is 0.490 e. The number of halogens is 1. The van der Waals surface area contributed by atoms with Crippen molar-refractivity contribution in [1.82, 2.24) is 14.7 Å². The maximum Gasteiger partial charge on any atom is 0.236 e.